The highest BCUT2D eigenvalue weighted by atomic mass is 16.6. The molecule has 0 unspecified atom stereocenters. The van der Waals surface area contributed by atoms with Gasteiger partial charge < -0.3 is 9.31 Å². The second-order valence-corrected chi connectivity index (χ2v) is 8.65. The van der Waals surface area contributed by atoms with Crippen molar-refractivity contribution in [2.75, 3.05) is 0 Å². The van der Waals surface area contributed by atoms with Crippen molar-refractivity contribution in [3.05, 3.63) is 126 Å². The van der Waals surface area contributed by atoms with E-state index in [4.69, 9.17) is 19.3 Å². The van der Waals surface area contributed by atoms with E-state index in [0.717, 1.165) is 56.0 Å². The Hall–Kier alpha value is -4.58. The molecule has 0 saturated carbocycles. The van der Waals surface area contributed by atoms with Gasteiger partial charge in [0.15, 0.2) is 5.84 Å². The van der Waals surface area contributed by atoms with E-state index in [1.165, 1.54) is 0 Å². The number of aliphatic imine (C=N–C) groups is 2. The van der Waals surface area contributed by atoms with E-state index in [9.17, 15) is 0 Å². The average Bonchev–Trinajstić information content (AvgIpc) is 3.42. The average molecular weight is 453 g/mol. The maximum Gasteiger partial charge on any atom is 0.744 e. The Bertz CT molecular complexity index is 1690. The van der Waals surface area contributed by atoms with Gasteiger partial charge in [-0.15, -0.1) is 0 Å². The minimum Gasteiger partial charge on any atom is -0.506 e. The van der Waals surface area contributed by atoms with Crippen LogP contribution < -0.4 is 4.65 Å². The topological polar surface area (TPSA) is 48.1 Å². The molecule has 35 heavy (non-hydrogen) atoms. The van der Waals surface area contributed by atoms with Gasteiger partial charge in [0.1, 0.15) is 17.3 Å². The first-order valence-electron chi connectivity index (χ1n) is 11.6. The second kappa shape index (κ2) is 7.47. The van der Waals surface area contributed by atoms with Crippen LogP contribution in [0.5, 0.6) is 5.75 Å². The van der Waals surface area contributed by atoms with Crippen molar-refractivity contribution in [1.82, 2.24) is 4.48 Å². The number of fused-ring (bicyclic) bond motifs is 9. The number of rotatable bonds is 2. The summed E-state index contributed by atoms with van der Waals surface area (Å²) in [4.78, 5) is 10.2. The van der Waals surface area contributed by atoms with E-state index in [1.54, 1.807) is 6.08 Å². The quantitative estimate of drug-likeness (QED) is 0.264. The van der Waals surface area contributed by atoms with Crippen LogP contribution in [0.2, 0.25) is 0 Å². The third kappa shape index (κ3) is 2.83. The molecule has 3 aliphatic rings. The van der Waals surface area contributed by atoms with E-state index in [-0.39, 0.29) is 0 Å². The normalized spacial score (nSPS) is 17.1. The van der Waals surface area contributed by atoms with Crippen molar-refractivity contribution in [2.45, 2.75) is 6.92 Å². The first-order valence-corrected chi connectivity index (χ1v) is 11.6. The molecule has 5 nitrogen and oxygen atoms in total. The summed E-state index contributed by atoms with van der Waals surface area (Å²) in [5.74, 6) is 2.90. The first-order chi connectivity index (χ1) is 17.2. The summed E-state index contributed by atoms with van der Waals surface area (Å²) in [7, 11) is -0.743. The van der Waals surface area contributed by atoms with Crippen molar-refractivity contribution >= 4 is 41.0 Å². The molecule has 1 aromatic heterocycles. The Morgan fingerprint density at radius 3 is 2.37 bits per heavy atom. The Morgan fingerprint density at radius 1 is 0.829 bits per heavy atom. The number of hydrogen-bond donors (Lipinski definition) is 0. The molecule has 0 saturated heterocycles. The van der Waals surface area contributed by atoms with Gasteiger partial charge in [0.05, 0.1) is 11.4 Å². The number of amidine groups is 1. The molecule has 3 aliphatic heterocycles. The predicted octanol–water partition coefficient (Wildman–Crippen LogP) is 6.30. The number of para-hydroxylation sites is 1. The van der Waals surface area contributed by atoms with E-state index in [2.05, 4.69) is 42.2 Å². The van der Waals surface area contributed by atoms with Crippen molar-refractivity contribution in [3.8, 4) is 5.75 Å². The van der Waals surface area contributed by atoms with Crippen LogP contribution in [0.3, 0.4) is 0 Å². The zero-order valence-corrected chi connectivity index (χ0v) is 19.1. The number of allylic oxidation sites excluding steroid dienone is 4. The van der Waals surface area contributed by atoms with Crippen LogP contribution in [0.1, 0.15) is 29.3 Å². The molecule has 4 aromatic rings. The zero-order chi connectivity index (χ0) is 23.5. The summed E-state index contributed by atoms with van der Waals surface area (Å²) in [6.45, 7) is 5.87. The first kappa shape index (κ1) is 19.9. The minimum atomic E-state index is -0.743. The summed E-state index contributed by atoms with van der Waals surface area (Å²) < 4.78 is 15.2. The van der Waals surface area contributed by atoms with Crippen LogP contribution in [-0.4, -0.2) is 23.3 Å². The van der Waals surface area contributed by atoms with Crippen molar-refractivity contribution in [2.24, 2.45) is 9.98 Å². The monoisotopic (exact) mass is 453 g/mol. The molecule has 7 rings (SSSR count). The lowest BCUT2D eigenvalue weighted by atomic mass is 9.96. The fourth-order valence-corrected chi connectivity index (χ4v) is 5.09. The Balaban J connectivity index is 1.61. The maximum absolute atomic E-state index is 6.63. The molecule has 0 spiro atoms. The van der Waals surface area contributed by atoms with Gasteiger partial charge in [0.25, 0.3) is 0 Å². The van der Waals surface area contributed by atoms with Gasteiger partial charge in [-0.1, -0.05) is 79.4 Å². The molecule has 0 N–H and O–H groups in total. The van der Waals surface area contributed by atoms with E-state index in [1.807, 2.05) is 60.7 Å². The molecule has 0 aliphatic carbocycles. The van der Waals surface area contributed by atoms with Crippen LogP contribution in [-0.2, 0) is 4.65 Å². The summed E-state index contributed by atoms with van der Waals surface area (Å²) in [5.41, 5.74) is 5.84. The van der Waals surface area contributed by atoms with Crippen LogP contribution in [0.4, 0.5) is 5.82 Å². The van der Waals surface area contributed by atoms with Gasteiger partial charge in [0.2, 0.25) is 0 Å². The molecule has 0 amide bonds. The smallest absolute Gasteiger partial charge is 0.506 e. The van der Waals surface area contributed by atoms with Gasteiger partial charge >= 0.3 is 7.25 Å². The molecule has 166 valence electrons. The van der Waals surface area contributed by atoms with E-state index in [0.29, 0.717) is 11.6 Å². The molecule has 0 atom stereocenters. The van der Waals surface area contributed by atoms with Crippen LogP contribution in [0.15, 0.2) is 113 Å². The van der Waals surface area contributed by atoms with Crippen LogP contribution in [0, 0.1) is 0 Å². The lowest BCUT2D eigenvalue weighted by Gasteiger charge is -2.27. The van der Waals surface area contributed by atoms with Gasteiger partial charge in [-0.25, -0.2) is 9.98 Å². The van der Waals surface area contributed by atoms with Crippen molar-refractivity contribution in [1.29, 1.82) is 0 Å². The Kier molecular flexibility index (Phi) is 4.24. The third-order valence-electron chi connectivity index (χ3n) is 6.66. The lowest BCUT2D eigenvalue weighted by molar-refractivity contribution is 0.339. The molecule has 6 heteroatoms. The molecule has 2 bridgehead atoms. The maximum atomic E-state index is 6.63. The summed E-state index contributed by atoms with van der Waals surface area (Å²) in [6, 6.07) is 24.5. The molecule has 0 fully saturated rings. The minimum absolute atomic E-state index is 0.691. The molecule has 4 heterocycles. The summed E-state index contributed by atoms with van der Waals surface area (Å²) >= 11 is 0. The number of nitrogens with zero attached hydrogens (tertiary/aromatic N) is 3. The fraction of sp³-hybridized carbons (Fsp3) is 0.0345. The predicted molar refractivity (Wildman–Crippen MR) is 141 cm³/mol. The Morgan fingerprint density at radius 2 is 1.54 bits per heavy atom. The number of aromatic nitrogens is 1. The van der Waals surface area contributed by atoms with Crippen molar-refractivity contribution in [3.63, 3.8) is 0 Å². The second-order valence-electron chi connectivity index (χ2n) is 8.65. The van der Waals surface area contributed by atoms with E-state index < -0.39 is 7.25 Å². The summed E-state index contributed by atoms with van der Waals surface area (Å²) in [5, 5.41) is 2.12. The molecular formula is C29H20BN3O2. The molecular weight excluding hydrogens is 433 g/mol. The van der Waals surface area contributed by atoms with Gasteiger partial charge in [-0.05, 0) is 25.1 Å². The summed E-state index contributed by atoms with van der Waals surface area (Å²) in [6.07, 6.45) is 5.54. The highest BCUT2D eigenvalue weighted by Crippen LogP contribution is 2.43. The highest BCUT2D eigenvalue weighted by Gasteiger charge is 2.41. The van der Waals surface area contributed by atoms with Crippen LogP contribution in [0.25, 0.3) is 16.3 Å². The van der Waals surface area contributed by atoms with E-state index >= 15 is 0 Å². The molecule has 3 aromatic carbocycles. The molecule has 0 radical (unpaired) electrons. The standard InChI is InChI=1S/C29H20BN3O2/c1-3-4-16-24-18(2)27-20-12-6-8-14-22(20)29-32-28-21-13-7-5-11-19(21)26(31-28)23-15-9-10-17-25(23)35-30(34-24)33(27)29/h3-17H,1H2,2H3/b16-4-,32-28-. The van der Waals surface area contributed by atoms with Gasteiger partial charge in [0, 0.05) is 33.0 Å². The highest BCUT2D eigenvalue weighted by molar-refractivity contribution is 6.47. The SMILES string of the molecule is C=C/C=C\C1=C(C)c2c3ccccc3c3n2B(O1)Oc1ccccc1C1=N/C(=N\3)c2ccccc21. The zero-order valence-electron chi connectivity index (χ0n) is 19.1. The van der Waals surface area contributed by atoms with Crippen molar-refractivity contribution < 1.29 is 9.31 Å². The fourth-order valence-electron chi connectivity index (χ4n) is 5.09. The Labute approximate surface area is 203 Å². The van der Waals surface area contributed by atoms with Crippen LogP contribution >= 0.6 is 0 Å². The number of benzene rings is 3. The third-order valence-corrected chi connectivity index (χ3v) is 6.66. The lowest BCUT2D eigenvalue weighted by Crippen LogP contribution is -2.39. The number of hydrogen-bond acceptors (Lipinski definition) is 4. The van der Waals surface area contributed by atoms with Gasteiger partial charge in [-0.2, -0.15) is 0 Å². The van der Waals surface area contributed by atoms with Gasteiger partial charge in [-0.3, -0.25) is 4.48 Å². The largest absolute Gasteiger partial charge is 0.744 e.